The van der Waals surface area contributed by atoms with Crippen LogP contribution in [-0.2, 0) is 9.59 Å². The second kappa shape index (κ2) is 11.3. The van der Waals surface area contributed by atoms with Crippen LogP contribution in [0.15, 0.2) is 12.7 Å². The zero-order valence-electron chi connectivity index (χ0n) is 17.9. The Kier molecular flexibility index (Phi) is 8.44. The molecule has 0 radical (unpaired) electrons. The van der Waals surface area contributed by atoms with Crippen LogP contribution in [0.2, 0.25) is 0 Å². The van der Waals surface area contributed by atoms with E-state index in [0.717, 1.165) is 19.3 Å². The first-order valence-corrected chi connectivity index (χ1v) is 11.9. The SMILES string of the molecule is C#CCNC(=O)CCCCCNc1ncnc2c1ncn2[C@H]1C(=O)[C@@H](CSC)[C@H](O)[C@@H]1O. The second-order valence-electron chi connectivity index (χ2n) is 7.65. The van der Waals surface area contributed by atoms with E-state index in [-0.39, 0.29) is 18.2 Å². The summed E-state index contributed by atoms with van der Waals surface area (Å²) in [6.07, 6.45) is 10.3. The third-order valence-electron chi connectivity index (χ3n) is 5.51. The minimum Gasteiger partial charge on any atom is -0.390 e. The van der Waals surface area contributed by atoms with Crippen molar-refractivity contribution >= 4 is 40.4 Å². The van der Waals surface area contributed by atoms with Crippen LogP contribution in [0.5, 0.6) is 0 Å². The molecule has 2 aromatic heterocycles. The first kappa shape index (κ1) is 24.0. The van der Waals surface area contributed by atoms with Gasteiger partial charge in [0.2, 0.25) is 5.91 Å². The molecule has 4 N–H and O–H groups in total. The number of aromatic nitrogens is 4. The van der Waals surface area contributed by atoms with Gasteiger partial charge in [0.25, 0.3) is 0 Å². The van der Waals surface area contributed by atoms with Gasteiger partial charge in [-0.1, -0.05) is 12.3 Å². The van der Waals surface area contributed by atoms with Gasteiger partial charge >= 0.3 is 0 Å². The van der Waals surface area contributed by atoms with E-state index in [0.29, 0.717) is 35.7 Å². The number of ketones is 1. The summed E-state index contributed by atoms with van der Waals surface area (Å²) in [7, 11) is 0. The molecule has 172 valence electrons. The Bertz CT molecular complexity index is 990. The lowest BCUT2D eigenvalue weighted by atomic mass is 10.1. The molecule has 2 heterocycles. The van der Waals surface area contributed by atoms with Gasteiger partial charge in [0, 0.05) is 18.7 Å². The lowest BCUT2D eigenvalue weighted by Crippen LogP contribution is -2.30. The number of thioether (sulfide) groups is 1. The first-order valence-electron chi connectivity index (χ1n) is 10.5. The standard InChI is InChI=1S/C21H28N6O4S/c1-3-8-22-14(28)7-5-4-6-9-23-20-15-21(25-11-24-20)27(12-26-15)16-17(29)13(10-32-2)18(30)19(16)31/h1,11-13,16,18-19,30-31H,4-10H2,2H3,(H,22,28)(H,23,24,25)/t13-,16+,18+,19-/m1/s1. The van der Waals surface area contributed by atoms with Crippen molar-refractivity contribution in [1.29, 1.82) is 0 Å². The molecule has 32 heavy (non-hydrogen) atoms. The molecule has 10 nitrogen and oxygen atoms in total. The number of fused-ring (bicyclic) bond motifs is 1. The summed E-state index contributed by atoms with van der Waals surface area (Å²) in [5.41, 5.74) is 0.908. The van der Waals surface area contributed by atoms with Gasteiger partial charge in [-0.2, -0.15) is 11.8 Å². The summed E-state index contributed by atoms with van der Waals surface area (Å²) in [5.74, 6) is 2.43. The number of aliphatic hydroxyl groups is 2. The van der Waals surface area contributed by atoms with Crippen LogP contribution in [0.4, 0.5) is 5.82 Å². The highest BCUT2D eigenvalue weighted by Crippen LogP contribution is 2.35. The van der Waals surface area contributed by atoms with Crippen LogP contribution in [0.1, 0.15) is 31.7 Å². The molecule has 1 saturated carbocycles. The molecule has 0 aromatic carbocycles. The highest BCUT2D eigenvalue weighted by atomic mass is 32.2. The highest BCUT2D eigenvalue weighted by molar-refractivity contribution is 7.98. The number of amides is 1. The fraction of sp³-hybridized carbons (Fsp3) is 0.571. The van der Waals surface area contributed by atoms with Crippen molar-refractivity contribution in [2.45, 2.75) is 43.9 Å². The Balaban J connectivity index is 1.60. The van der Waals surface area contributed by atoms with E-state index >= 15 is 0 Å². The molecule has 1 aliphatic carbocycles. The Morgan fingerprint density at radius 3 is 2.81 bits per heavy atom. The fourth-order valence-electron chi connectivity index (χ4n) is 3.86. The van der Waals surface area contributed by atoms with Crippen LogP contribution in [-0.4, -0.2) is 78.7 Å². The summed E-state index contributed by atoms with van der Waals surface area (Å²) in [5, 5.41) is 26.7. The molecule has 4 atom stereocenters. The Labute approximate surface area is 190 Å². The third-order valence-corrected chi connectivity index (χ3v) is 6.20. The number of nitrogens with one attached hydrogen (secondary N) is 2. The fourth-order valence-corrected chi connectivity index (χ4v) is 4.58. The summed E-state index contributed by atoms with van der Waals surface area (Å²) in [4.78, 5) is 37.2. The van der Waals surface area contributed by atoms with Crippen molar-refractivity contribution in [3.8, 4) is 12.3 Å². The molecule has 0 unspecified atom stereocenters. The van der Waals surface area contributed by atoms with Gasteiger partial charge in [-0.05, 0) is 19.1 Å². The molecule has 1 amide bonds. The minimum atomic E-state index is -1.22. The number of Topliss-reactive ketones (excluding diaryl/α,β-unsaturated/α-hetero) is 1. The molecule has 11 heteroatoms. The van der Waals surface area contributed by atoms with Crippen LogP contribution >= 0.6 is 11.8 Å². The van der Waals surface area contributed by atoms with E-state index in [1.165, 1.54) is 29.0 Å². The number of carbonyl (C=O) groups excluding carboxylic acids is 2. The van der Waals surface area contributed by atoms with E-state index < -0.39 is 24.2 Å². The van der Waals surface area contributed by atoms with E-state index in [1.54, 1.807) is 0 Å². The number of aliphatic hydroxyl groups excluding tert-OH is 2. The predicted molar refractivity (Wildman–Crippen MR) is 122 cm³/mol. The zero-order valence-corrected chi connectivity index (χ0v) is 18.7. The maximum Gasteiger partial charge on any atom is 0.220 e. The van der Waals surface area contributed by atoms with Crippen molar-refractivity contribution in [1.82, 2.24) is 24.8 Å². The molecule has 3 rings (SSSR count). The van der Waals surface area contributed by atoms with E-state index in [4.69, 9.17) is 6.42 Å². The second-order valence-corrected chi connectivity index (χ2v) is 8.57. The smallest absolute Gasteiger partial charge is 0.220 e. The molecule has 1 aliphatic rings. The number of carbonyl (C=O) groups is 2. The first-order chi connectivity index (χ1) is 15.5. The predicted octanol–water partition coefficient (Wildman–Crippen LogP) is 0.373. The summed E-state index contributed by atoms with van der Waals surface area (Å²) in [6.45, 7) is 0.877. The van der Waals surface area contributed by atoms with Gasteiger partial charge in [-0.3, -0.25) is 9.59 Å². The molecule has 0 aliphatic heterocycles. The number of terminal acetylenes is 1. The van der Waals surface area contributed by atoms with Crippen molar-refractivity contribution in [3.63, 3.8) is 0 Å². The third kappa shape index (κ3) is 5.20. The van der Waals surface area contributed by atoms with Crippen LogP contribution < -0.4 is 10.6 Å². The van der Waals surface area contributed by atoms with Gasteiger partial charge in [-0.15, -0.1) is 6.42 Å². The maximum atomic E-state index is 12.8. The normalized spacial score (nSPS) is 22.8. The van der Waals surface area contributed by atoms with Crippen molar-refractivity contribution < 1.29 is 19.8 Å². The van der Waals surface area contributed by atoms with Crippen molar-refractivity contribution in [2.24, 2.45) is 5.92 Å². The number of imidazole rings is 1. The van der Waals surface area contributed by atoms with Crippen molar-refractivity contribution in [2.75, 3.05) is 30.4 Å². The summed E-state index contributed by atoms with van der Waals surface area (Å²) < 4.78 is 1.52. The van der Waals surface area contributed by atoms with Gasteiger partial charge in [0.1, 0.15) is 24.0 Å². The van der Waals surface area contributed by atoms with Crippen LogP contribution in [0.3, 0.4) is 0 Å². The summed E-state index contributed by atoms with van der Waals surface area (Å²) in [6, 6.07) is -0.935. The molecule has 0 saturated heterocycles. The maximum absolute atomic E-state index is 12.8. The largest absolute Gasteiger partial charge is 0.390 e. The average molecular weight is 461 g/mol. The quantitative estimate of drug-likeness (QED) is 0.276. The Hall–Kier alpha value is -2.68. The topological polar surface area (TPSA) is 142 Å². The van der Waals surface area contributed by atoms with Crippen molar-refractivity contribution in [3.05, 3.63) is 12.7 Å². The highest BCUT2D eigenvalue weighted by Gasteiger charge is 2.49. The number of hydrogen-bond donors (Lipinski definition) is 4. The average Bonchev–Trinajstić information content (AvgIpc) is 3.30. The van der Waals surface area contributed by atoms with E-state index in [9.17, 15) is 19.8 Å². The number of hydrogen-bond acceptors (Lipinski definition) is 9. The van der Waals surface area contributed by atoms with Gasteiger partial charge < -0.3 is 25.4 Å². The van der Waals surface area contributed by atoms with E-state index in [2.05, 4.69) is 31.5 Å². The molecular formula is C21H28N6O4S. The number of unbranched alkanes of at least 4 members (excludes halogenated alkanes) is 2. The van der Waals surface area contributed by atoms with Gasteiger partial charge in [0.15, 0.2) is 17.2 Å². The monoisotopic (exact) mass is 460 g/mol. The van der Waals surface area contributed by atoms with Crippen LogP contribution in [0.25, 0.3) is 11.2 Å². The molecular weight excluding hydrogens is 432 g/mol. The Morgan fingerprint density at radius 1 is 1.25 bits per heavy atom. The molecule has 0 bridgehead atoms. The molecule has 0 spiro atoms. The molecule has 2 aromatic rings. The number of anilines is 1. The lowest BCUT2D eigenvalue weighted by Gasteiger charge is -2.16. The zero-order chi connectivity index (χ0) is 23.1. The molecule has 1 fully saturated rings. The number of nitrogens with zero attached hydrogens (tertiary/aromatic N) is 4. The van der Waals surface area contributed by atoms with Crippen LogP contribution in [0, 0.1) is 18.3 Å². The Morgan fingerprint density at radius 2 is 2.06 bits per heavy atom. The summed E-state index contributed by atoms with van der Waals surface area (Å²) >= 11 is 1.45. The van der Waals surface area contributed by atoms with E-state index in [1.807, 2.05) is 6.26 Å². The van der Waals surface area contributed by atoms with Gasteiger partial charge in [-0.25, -0.2) is 15.0 Å². The van der Waals surface area contributed by atoms with Gasteiger partial charge in [0.05, 0.1) is 24.9 Å². The lowest BCUT2D eigenvalue weighted by molar-refractivity contribution is -0.124. The number of rotatable bonds is 11. The minimum absolute atomic E-state index is 0.0486.